The van der Waals surface area contributed by atoms with Crippen molar-refractivity contribution in [3.63, 3.8) is 0 Å². The van der Waals surface area contributed by atoms with E-state index in [4.69, 9.17) is 15.2 Å². The van der Waals surface area contributed by atoms with E-state index in [-0.39, 0.29) is 23.8 Å². The lowest BCUT2D eigenvalue weighted by Gasteiger charge is -2.31. The summed E-state index contributed by atoms with van der Waals surface area (Å²) in [5, 5.41) is 0. The molecule has 1 atom stereocenters. The fraction of sp³-hybridized carbons (Fsp3) is 0.571. The van der Waals surface area contributed by atoms with Crippen LogP contribution in [0.5, 0.6) is 0 Å². The van der Waals surface area contributed by atoms with Crippen LogP contribution in [0.1, 0.15) is 12.5 Å². The molecular weight excluding hydrogens is 266 g/mol. The van der Waals surface area contributed by atoms with Crippen LogP contribution in [0, 0.1) is 11.6 Å². The molecule has 0 saturated heterocycles. The predicted molar refractivity (Wildman–Crippen MR) is 74.8 cm³/mol. The Bertz CT molecular complexity index is 430. The molecule has 2 N–H and O–H groups in total. The van der Waals surface area contributed by atoms with Crippen molar-refractivity contribution in [3.05, 3.63) is 29.3 Å². The molecule has 20 heavy (non-hydrogen) atoms. The standard InChI is InChI=1S/C14H22F2N2O2/c1-10(9-20-3)18(6-7-19-2)12-5-4-11(8-17)13(15)14(12)16/h4-5,10H,6-9,17H2,1-3H3. The summed E-state index contributed by atoms with van der Waals surface area (Å²) in [5.74, 6) is -1.77. The quantitative estimate of drug-likeness (QED) is 0.794. The molecule has 0 heterocycles. The number of hydrogen-bond acceptors (Lipinski definition) is 4. The van der Waals surface area contributed by atoms with Gasteiger partial charge in [-0.3, -0.25) is 0 Å². The number of nitrogens with zero attached hydrogens (tertiary/aromatic N) is 1. The van der Waals surface area contributed by atoms with Crippen LogP contribution in [0.2, 0.25) is 0 Å². The van der Waals surface area contributed by atoms with E-state index in [1.165, 1.54) is 6.07 Å². The zero-order chi connectivity index (χ0) is 15.1. The Balaban J connectivity index is 3.09. The van der Waals surface area contributed by atoms with Gasteiger partial charge in [0.2, 0.25) is 0 Å². The average Bonchev–Trinajstić information content (AvgIpc) is 2.44. The lowest BCUT2D eigenvalue weighted by atomic mass is 10.1. The van der Waals surface area contributed by atoms with Gasteiger partial charge in [0, 0.05) is 38.9 Å². The van der Waals surface area contributed by atoms with Gasteiger partial charge in [0.15, 0.2) is 11.6 Å². The maximum Gasteiger partial charge on any atom is 0.182 e. The highest BCUT2D eigenvalue weighted by molar-refractivity contribution is 5.50. The molecule has 0 aliphatic carbocycles. The van der Waals surface area contributed by atoms with Crippen molar-refractivity contribution in [2.75, 3.05) is 38.9 Å². The highest BCUT2D eigenvalue weighted by Crippen LogP contribution is 2.25. The molecule has 0 fully saturated rings. The number of halogens is 2. The highest BCUT2D eigenvalue weighted by atomic mass is 19.2. The van der Waals surface area contributed by atoms with Crippen LogP contribution in [0.25, 0.3) is 0 Å². The molecule has 0 radical (unpaired) electrons. The summed E-state index contributed by atoms with van der Waals surface area (Å²) < 4.78 is 38.1. The Hall–Kier alpha value is -1.24. The molecule has 0 aliphatic heterocycles. The normalized spacial score (nSPS) is 12.5. The molecule has 114 valence electrons. The number of benzene rings is 1. The third kappa shape index (κ3) is 3.88. The van der Waals surface area contributed by atoms with E-state index >= 15 is 0 Å². The fourth-order valence-corrected chi connectivity index (χ4v) is 2.06. The molecule has 4 nitrogen and oxygen atoms in total. The van der Waals surface area contributed by atoms with Crippen molar-refractivity contribution in [3.8, 4) is 0 Å². The number of nitrogens with two attached hydrogens (primary N) is 1. The molecule has 0 aliphatic rings. The molecule has 0 amide bonds. The third-order valence-electron chi connectivity index (χ3n) is 3.15. The number of ether oxygens (including phenoxy) is 2. The smallest absolute Gasteiger partial charge is 0.182 e. The van der Waals surface area contributed by atoms with Gasteiger partial charge in [0.05, 0.1) is 18.9 Å². The van der Waals surface area contributed by atoms with E-state index in [1.807, 2.05) is 6.92 Å². The average molecular weight is 288 g/mol. The van der Waals surface area contributed by atoms with Crippen LogP contribution in [0.15, 0.2) is 12.1 Å². The van der Waals surface area contributed by atoms with Crippen molar-refractivity contribution in [1.82, 2.24) is 0 Å². The number of anilines is 1. The van der Waals surface area contributed by atoms with Gasteiger partial charge >= 0.3 is 0 Å². The summed E-state index contributed by atoms with van der Waals surface area (Å²) in [6.45, 7) is 3.11. The second kappa shape index (κ2) is 8.14. The van der Waals surface area contributed by atoms with Crippen molar-refractivity contribution in [2.24, 2.45) is 5.73 Å². The van der Waals surface area contributed by atoms with E-state index in [1.54, 1.807) is 25.2 Å². The van der Waals surface area contributed by atoms with E-state index in [2.05, 4.69) is 0 Å². The van der Waals surface area contributed by atoms with Crippen LogP contribution in [0.4, 0.5) is 14.5 Å². The molecule has 0 saturated carbocycles. The molecular formula is C14H22F2N2O2. The Morgan fingerprint density at radius 3 is 2.45 bits per heavy atom. The predicted octanol–water partition coefficient (Wildman–Crippen LogP) is 1.91. The second-order valence-electron chi connectivity index (χ2n) is 4.57. The first-order chi connectivity index (χ1) is 9.56. The summed E-state index contributed by atoms with van der Waals surface area (Å²) in [6.07, 6.45) is 0. The lowest BCUT2D eigenvalue weighted by molar-refractivity contribution is 0.170. The maximum atomic E-state index is 14.2. The minimum atomic E-state index is -0.892. The van der Waals surface area contributed by atoms with Crippen LogP contribution in [0.3, 0.4) is 0 Å². The second-order valence-corrected chi connectivity index (χ2v) is 4.57. The van der Waals surface area contributed by atoms with Gasteiger partial charge in [-0.1, -0.05) is 6.07 Å². The molecule has 1 rings (SSSR count). The molecule has 0 aromatic heterocycles. The number of hydrogen-bond donors (Lipinski definition) is 1. The summed E-state index contributed by atoms with van der Waals surface area (Å²) in [5.41, 5.74) is 5.73. The maximum absolute atomic E-state index is 14.2. The van der Waals surface area contributed by atoms with E-state index in [9.17, 15) is 8.78 Å². The van der Waals surface area contributed by atoms with Gasteiger partial charge in [0.1, 0.15) is 0 Å². The van der Waals surface area contributed by atoms with E-state index in [0.29, 0.717) is 19.8 Å². The van der Waals surface area contributed by atoms with Crippen molar-refractivity contribution in [1.29, 1.82) is 0 Å². The van der Waals surface area contributed by atoms with E-state index in [0.717, 1.165) is 0 Å². The zero-order valence-electron chi connectivity index (χ0n) is 12.2. The first kappa shape index (κ1) is 16.8. The molecule has 1 aromatic rings. The molecule has 0 spiro atoms. The Kier molecular flexibility index (Phi) is 6.84. The van der Waals surface area contributed by atoms with Crippen LogP contribution in [-0.2, 0) is 16.0 Å². The highest BCUT2D eigenvalue weighted by Gasteiger charge is 2.21. The summed E-state index contributed by atoms with van der Waals surface area (Å²) >= 11 is 0. The molecule has 6 heteroatoms. The van der Waals surface area contributed by atoms with Gasteiger partial charge in [-0.25, -0.2) is 8.78 Å². The monoisotopic (exact) mass is 288 g/mol. The van der Waals surface area contributed by atoms with Gasteiger partial charge in [-0.2, -0.15) is 0 Å². The van der Waals surface area contributed by atoms with Crippen molar-refractivity contribution in [2.45, 2.75) is 19.5 Å². The van der Waals surface area contributed by atoms with Crippen LogP contribution < -0.4 is 10.6 Å². The fourth-order valence-electron chi connectivity index (χ4n) is 2.06. The van der Waals surface area contributed by atoms with Crippen LogP contribution in [-0.4, -0.2) is 40.0 Å². The first-order valence-corrected chi connectivity index (χ1v) is 6.48. The Morgan fingerprint density at radius 1 is 1.20 bits per heavy atom. The zero-order valence-corrected chi connectivity index (χ0v) is 12.2. The minimum Gasteiger partial charge on any atom is -0.383 e. The van der Waals surface area contributed by atoms with E-state index < -0.39 is 11.6 Å². The van der Waals surface area contributed by atoms with Crippen molar-refractivity contribution < 1.29 is 18.3 Å². The van der Waals surface area contributed by atoms with Crippen molar-refractivity contribution >= 4 is 5.69 Å². The van der Waals surface area contributed by atoms with Crippen LogP contribution >= 0.6 is 0 Å². The Morgan fingerprint density at radius 2 is 1.90 bits per heavy atom. The minimum absolute atomic E-state index is 0.0330. The molecule has 1 aromatic carbocycles. The van der Waals surface area contributed by atoms with Gasteiger partial charge in [0.25, 0.3) is 0 Å². The van der Waals surface area contributed by atoms with Gasteiger partial charge in [-0.05, 0) is 13.0 Å². The Labute approximate surface area is 118 Å². The number of methoxy groups -OCH3 is 2. The molecule has 0 bridgehead atoms. The lowest BCUT2D eigenvalue weighted by Crippen LogP contribution is -2.39. The molecule has 1 unspecified atom stereocenters. The third-order valence-corrected chi connectivity index (χ3v) is 3.15. The summed E-state index contributed by atoms with van der Waals surface area (Å²) in [7, 11) is 3.13. The SMILES string of the molecule is COCCN(c1ccc(CN)c(F)c1F)C(C)COC. The topological polar surface area (TPSA) is 47.7 Å². The largest absolute Gasteiger partial charge is 0.383 e. The van der Waals surface area contributed by atoms with Gasteiger partial charge < -0.3 is 20.1 Å². The summed E-state index contributed by atoms with van der Waals surface area (Å²) in [4.78, 5) is 1.73. The number of rotatable bonds is 8. The summed E-state index contributed by atoms with van der Waals surface area (Å²) in [6, 6.07) is 2.95. The first-order valence-electron chi connectivity index (χ1n) is 6.48. The van der Waals surface area contributed by atoms with Gasteiger partial charge in [-0.15, -0.1) is 0 Å².